The van der Waals surface area contributed by atoms with E-state index in [0.717, 1.165) is 11.3 Å². The summed E-state index contributed by atoms with van der Waals surface area (Å²) in [7, 11) is 0. The van der Waals surface area contributed by atoms with Crippen LogP contribution in [-0.4, -0.2) is 10.1 Å². The topological polar surface area (TPSA) is 45.2 Å². The molecule has 0 saturated carbocycles. The third-order valence-electron chi connectivity index (χ3n) is 4.07. The lowest BCUT2D eigenvalue weighted by Gasteiger charge is -2.27. The number of hydrogen-bond donors (Lipinski definition) is 2. The molecule has 2 aromatic rings. The molecule has 0 bridgehead atoms. The van der Waals surface area contributed by atoms with Gasteiger partial charge in [-0.1, -0.05) is 44.2 Å². The van der Waals surface area contributed by atoms with E-state index in [1.54, 1.807) is 0 Å². The summed E-state index contributed by atoms with van der Waals surface area (Å²) in [6, 6.07) is 12.6. The van der Waals surface area contributed by atoms with Crippen molar-refractivity contribution in [2.75, 3.05) is 0 Å². The molecule has 2 N–H and O–H groups in total. The van der Waals surface area contributed by atoms with Crippen LogP contribution in [-0.2, 0) is 6.61 Å². The maximum atomic E-state index is 9.30. The lowest BCUT2D eigenvalue weighted by atomic mass is 9.95. The fraction of sp³-hybridized carbons (Fsp3) is 0.421. The molecule has 3 heteroatoms. The van der Waals surface area contributed by atoms with Crippen LogP contribution in [0, 0.1) is 12.8 Å². The zero-order valence-electron chi connectivity index (χ0n) is 13.9. The largest absolute Gasteiger partial charge is 0.392 e. The molecule has 0 aliphatic rings. The van der Waals surface area contributed by atoms with Crippen molar-refractivity contribution in [1.82, 2.24) is 10.3 Å². The highest BCUT2D eigenvalue weighted by Gasteiger charge is 2.21. The summed E-state index contributed by atoms with van der Waals surface area (Å²) >= 11 is 0. The minimum atomic E-state index is 0.0769. The van der Waals surface area contributed by atoms with Gasteiger partial charge < -0.3 is 10.4 Å². The Balaban J connectivity index is 2.22. The normalized spacial score (nSPS) is 14.1. The zero-order chi connectivity index (χ0) is 16.1. The maximum Gasteiger partial charge on any atom is 0.0681 e. The Bertz CT molecular complexity index is 610. The van der Waals surface area contributed by atoms with Crippen molar-refractivity contribution in [2.24, 2.45) is 5.92 Å². The van der Waals surface area contributed by atoms with Gasteiger partial charge in [-0.3, -0.25) is 4.98 Å². The molecule has 1 heterocycles. The summed E-state index contributed by atoms with van der Waals surface area (Å²) in [4.78, 5) is 4.58. The number of pyridine rings is 1. The van der Waals surface area contributed by atoms with Gasteiger partial charge in [0.2, 0.25) is 0 Å². The second kappa shape index (κ2) is 7.52. The van der Waals surface area contributed by atoms with E-state index in [2.05, 4.69) is 56.2 Å². The summed E-state index contributed by atoms with van der Waals surface area (Å²) in [5, 5.41) is 13.0. The fourth-order valence-electron chi connectivity index (χ4n) is 2.74. The van der Waals surface area contributed by atoms with Crippen LogP contribution in [0.3, 0.4) is 0 Å². The fourth-order valence-corrected chi connectivity index (χ4v) is 2.74. The van der Waals surface area contributed by atoms with Gasteiger partial charge in [-0.05, 0) is 42.5 Å². The lowest BCUT2D eigenvalue weighted by molar-refractivity contribution is 0.281. The molecule has 22 heavy (non-hydrogen) atoms. The first-order valence-electron chi connectivity index (χ1n) is 7.90. The van der Waals surface area contributed by atoms with Gasteiger partial charge in [-0.25, -0.2) is 0 Å². The van der Waals surface area contributed by atoms with Crippen molar-refractivity contribution in [1.29, 1.82) is 0 Å². The van der Waals surface area contributed by atoms with Gasteiger partial charge in [0.25, 0.3) is 0 Å². The molecule has 0 saturated heterocycles. The van der Waals surface area contributed by atoms with Crippen molar-refractivity contribution >= 4 is 0 Å². The van der Waals surface area contributed by atoms with Crippen LogP contribution in [0.25, 0.3) is 0 Å². The standard InChI is InChI=1S/C19H26N2O/c1-13(2)18(19-14(3)7-6-10-20-19)21-15(4)17-9-5-8-16(11-17)12-22/h5-11,13,15,18,21-22H,12H2,1-4H3. The summed E-state index contributed by atoms with van der Waals surface area (Å²) in [5.41, 5.74) is 4.46. The Kier molecular flexibility index (Phi) is 5.69. The minimum absolute atomic E-state index is 0.0769. The van der Waals surface area contributed by atoms with Crippen LogP contribution < -0.4 is 5.32 Å². The number of benzene rings is 1. The number of hydrogen-bond acceptors (Lipinski definition) is 3. The first kappa shape index (κ1) is 16.7. The third kappa shape index (κ3) is 3.93. The van der Waals surface area contributed by atoms with Crippen LogP contribution >= 0.6 is 0 Å². The van der Waals surface area contributed by atoms with E-state index in [1.165, 1.54) is 11.1 Å². The monoisotopic (exact) mass is 298 g/mol. The van der Waals surface area contributed by atoms with Crippen molar-refractivity contribution in [3.05, 3.63) is 65.0 Å². The van der Waals surface area contributed by atoms with Gasteiger partial charge in [0.05, 0.1) is 18.3 Å². The quantitative estimate of drug-likeness (QED) is 0.849. The molecular formula is C19H26N2O. The molecule has 2 rings (SSSR count). The van der Waals surface area contributed by atoms with Gasteiger partial charge in [0, 0.05) is 12.2 Å². The summed E-state index contributed by atoms with van der Waals surface area (Å²) < 4.78 is 0. The van der Waals surface area contributed by atoms with Gasteiger partial charge in [0.15, 0.2) is 0 Å². The summed E-state index contributed by atoms with van der Waals surface area (Å²) in [6.45, 7) is 8.76. The molecular weight excluding hydrogens is 272 g/mol. The van der Waals surface area contributed by atoms with E-state index in [-0.39, 0.29) is 18.7 Å². The molecule has 0 spiro atoms. The van der Waals surface area contributed by atoms with E-state index in [1.807, 2.05) is 24.4 Å². The Labute approximate surface area is 133 Å². The highest BCUT2D eigenvalue weighted by Crippen LogP contribution is 2.26. The first-order valence-corrected chi connectivity index (χ1v) is 7.90. The molecule has 0 amide bonds. The summed E-state index contributed by atoms with van der Waals surface area (Å²) in [5.74, 6) is 0.442. The smallest absolute Gasteiger partial charge is 0.0681 e. The van der Waals surface area contributed by atoms with Crippen molar-refractivity contribution in [3.63, 3.8) is 0 Å². The van der Waals surface area contributed by atoms with Crippen LogP contribution in [0.4, 0.5) is 0 Å². The molecule has 2 unspecified atom stereocenters. The van der Waals surface area contributed by atoms with Crippen molar-refractivity contribution < 1.29 is 5.11 Å². The number of aliphatic hydroxyl groups is 1. The molecule has 3 nitrogen and oxygen atoms in total. The Morgan fingerprint density at radius 3 is 2.55 bits per heavy atom. The number of nitrogens with zero attached hydrogens (tertiary/aromatic N) is 1. The summed E-state index contributed by atoms with van der Waals surface area (Å²) in [6.07, 6.45) is 1.86. The van der Waals surface area contributed by atoms with E-state index < -0.39 is 0 Å². The average Bonchev–Trinajstić information content (AvgIpc) is 2.53. The lowest BCUT2D eigenvalue weighted by Crippen LogP contribution is -2.29. The van der Waals surface area contributed by atoms with Crippen LogP contribution in [0.2, 0.25) is 0 Å². The third-order valence-corrected chi connectivity index (χ3v) is 4.07. The molecule has 1 aromatic heterocycles. The molecule has 0 aliphatic carbocycles. The van der Waals surface area contributed by atoms with Gasteiger partial charge in [0.1, 0.15) is 0 Å². The highest BCUT2D eigenvalue weighted by molar-refractivity contribution is 5.27. The van der Waals surface area contributed by atoms with Gasteiger partial charge in [-0.2, -0.15) is 0 Å². The molecule has 0 fully saturated rings. The van der Waals surface area contributed by atoms with Gasteiger partial charge in [-0.15, -0.1) is 0 Å². The Hall–Kier alpha value is -1.71. The average molecular weight is 298 g/mol. The maximum absolute atomic E-state index is 9.30. The molecule has 1 aromatic carbocycles. The van der Waals surface area contributed by atoms with E-state index >= 15 is 0 Å². The number of aryl methyl sites for hydroxylation is 1. The number of aromatic nitrogens is 1. The van der Waals surface area contributed by atoms with Crippen LogP contribution in [0.15, 0.2) is 42.6 Å². The second-order valence-corrected chi connectivity index (χ2v) is 6.22. The van der Waals surface area contributed by atoms with Crippen LogP contribution in [0.5, 0.6) is 0 Å². The highest BCUT2D eigenvalue weighted by atomic mass is 16.3. The predicted molar refractivity (Wildman–Crippen MR) is 90.5 cm³/mol. The van der Waals surface area contributed by atoms with Gasteiger partial charge >= 0.3 is 0 Å². The molecule has 0 aliphatic heterocycles. The molecule has 0 radical (unpaired) electrons. The van der Waals surface area contributed by atoms with E-state index in [0.29, 0.717) is 5.92 Å². The van der Waals surface area contributed by atoms with E-state index in [9.17, 15) is 5.11 Å². The molecule has 118 valence electrons. The Morgan fingerprint density at radius 1 is 1.14 bits per heavy atom. The van der Waals surface area contributed by atoms with E-state index in [4.69, 9.17) is 0 Å². The zero-order valence-corrected chi connectivity index (χ0v) is 13.9. The number of aliphatic hydroxyl groups excluding tert-OH is 1. The van der Waals surface area contributed by atoms with Crippen molar-refractivity contribution in [3.8, 4) is 0 Å². The van der Waals surface area contributed by atoms with Crippen molar-refractivity contribution in [2.45, 2.75) is 46.4 Å². The predicted octanol–water partition coefficient (Wildman–Crippen LogP) is 3.93. The van der Waals surface area contributed by atoms with Crippen LogP contribution in [0.1, 0.15) is 55.2 Å². The number of rotatable bonds is 6. The molecule has 2 atom stereocenters. The minimum Gasteiger partial charge on any atom is -0.392 e. The first-order chi connectivity index (χ1) is 10.5. The Morgan fingerprint density at radius 2 is 1.91 bits per heavy atom. The number of nitrogens with one attached hydrogen (secondary N) is 1. The second-order valence-electron chi connectivity index (χ2n) is 6.22. The SMILES string of the molecule is Cc1cccnc1C(NC(C)c1cccc(CO)c1)C(C)C.